The fraction of sp³-hybridized carbons (Fsp3) is 0.167. The minimum atomic E-state index is -0.624. The molecule has 1 aliphatic rings. The molecule has 1 heterocycles. The lowest BCUT2D eigenvalue weighted by Crippen LogP contribution is -2.49. The van der Waals surface area contributed by atoms with Crippen LogP contribution in [0.5, 0.6) is 0 Å². The van der Waals surface area contributed by atoms with Gasteiger partial charge in [0.15, 0.2) is 0 Å². The van der Waals surface area contributed by atoms with Crippen molar-refractivity contribution in [2.45, 2.75) is 18.9 Å². The summed E-state index contributed by atoms with van der Waals surface area (Å²) in [5.74, 6) is -0.305. The van der Waals surface area contributed by atoms with Crippen molar-refractivity contribution in [2.24, 2.45) is 0 Å². The molecule has 4 rings (SSSR count). The number of rotatable bonds is 5. The summed E-state index contributed by atoms with van der Waals surface area (Å²) >= 11 is 0. The predicted octanol–water partition coefficient (Wildman–Crippen LogP) is 3.62. The topological polar surface area (TPSA) is 49.4 Å². The molecule has 4 nitrogen and oxygen atoms in total. The summed E-state index contributed by atoms with van der Waals surface area (Å²) in [6, 6.07) is 26.1. The Bertz CT molecular complexity index is 970. The van der Waals surface area contributed by atoms with Crippen LogP contribution in [0.3, 0.4) is 0 Å². The molecule has 0 bridgehead atoms. The van der Waals surface area contributed by atoms with Crippen molar-refractivity contribution in [3.05, 3.63) is 102 Å². The van der Waals surface area contributed by atoms with Gasteiger partial charge in [-0.05, 0) is 35.7 Å². The maximum Gasteiger partial charge on any atom is 0.251 e. The first-order chi connectivity index (χ1) is 13.7. The Hall–Kier alpha value is -3.40. The van der Waals surface area contributed by atoms with E-state index in [1.54, 1.807) is 17.0 Å². The fourth-order valence-electron chi connectivity index (χ4n) is 3.64. The Morgan fingerprint density at radius 1 is 0.857 bits per heavy atom. The van der Waals surface area contributed by atoms with Gasteiger partial charge in [-0.3, -0.25) is 9.59 Å². The van der Waals surface area contributed by atoms with Crippen LogP contribution in [-0.2, 0) is 17.6 Å². The average Bonchev–Trinajstić information content (AvgIpc) is 3.18. The van der Waals surface area contributed by atoms with Crippen LogP contribution in [0.25, 0.3) is 0 Å². The third-order valence-corrected chi connectivity index (χ3v) is 5.08. The highest BCUT2D eigenvalue weighted by Gasteiger charge is 2.31. The Labute approximate surface area is 164 Å². The molecule has 2 amide bonds. The Kier molecular flexibility index (Phi) is 5.20. The van der Waals surface area contributed by atoms with E-state index in [0.29, 0.717) is 18.5 Å². The molecule has 1 N–H and O–H groups in total. The second kappa shape index (κ2) is 8.09. The number of amides is 2. The van der Waals surface area contributed by atoms with Crippen LogP contribution in [0, 0.1) is 0 Å². The smallest absolute Gasteiger partial charge is 0.251 e. The minimum Gasteiger partial charge on any atom is -0.340 e. The quantitative estimate of drug-likeness (QED) is 0.746. The van der Waals surface area contributed by atoms with Crippen LogP contribution in [-0.4, -0.2) is 24.4 Å². The van der Waals surface area contributed by atoms with Gasteiger partial charge < -0.3 is 10.2 Å². The highest BCUT2D eigenvalue weighted by molar-refractivity contribution is 6.03. The van der Waals surface area contributed by atoms with Crippen molar-refractivity contribution < 1.29 is 9.59 Å². The fourth-order valence-corrected chi connectivity index (χ4v) is 3.64. The molecule has 3 aromatic carbocycles. The van der Waals surface area contributed by atoms with E-state index in [9.17, 15) is 9.59 Å². The lowest BCUT2D eigenvalue weighted by molar-refractivity contribution is -0.120. The summed E-state index contributed by atoms with van der Waals surface area (Å²) in [5.41, 5.74) is 3.68. The number of benzene rings is 3. The van der Waals surface area contributed by atoms with Crippen molar-refractivity contribution in [2.75, 3.05) is 11.4 Å². The zero-order valence-corrected chi connectivity index (χ0v) is 15.5. The summed E-state index contributed by atoms with van der Waals surface area (Å²) in [6.45, 7) is 0.644. The number of nitrogens with zero attached hydrogens (tertiary/aromatic N) is 1. The maximum absolute atomic E-state index is 13.4. The van der Waals surface area contributed by atoms with Gasteiger partial charge in [-0.2, -0.15) is 0 Å². The summed E-state index contributed by atoms with van der Waals surface area (Å²) in [7, 11) is 0. The average molecular weight is 370 g/mol. The normalized spacial score (nSPS) is 13.6. The van der Waals surface area contributed by atoms with Crippen LogP contribution in [0.4, 0.5) is 5.69 Å². The third-order valence-electron chi connectivity index (χ3n) is 5.08. The van der Waals surface area contributed by atoms with Crippen molar-refractivity contribution in [3.63, 3.8) is 0 Å². The van der Waals surface area contributed by atoms with E-state index in [0.717, 1.165) is 17.7 Å². The largest absolute Gasteiger partial charge is 0.340 e. The second-order valence-corrected chi connectivity index (χ2v) is 6.95. The van der Waals surface area contributed by atoms with Crippen LogP contribution in [0.1, 0.15) is 21.5 Å². The first-order valence-electron chi connectivity index (χ1n) is 9.51. The van der Waals surface area contributed by atoms with E-state index in [1.807, 2.05) is 66.7 Å². The van der Waals surface area contributed by atoms with E-state index in [2.05, 4.69) is 11.4 Å². The predicted molar refractivity (Wildman–Crippen MR) is 110 cm³/mol. The molecule has 0 saturated heterocycles. The molecule has 0 aliphatic carbocycles. The van der Waals surface area contributed by atoms with Gasteiger partial charge in [0.2, 0.25) is 5.91 Å². The van der Waals surface area contributed by atoms with Gasteiger partial charge in [0.25, 0.3) is 5.91 Å². The SMILES string of the molecule is O=C(N[C@H](Cc1ccccc1)C(=O)N1CCc2ccccc21)c1ccccc1. The molecule has 0 fully saturated rings. The molecule has 4 heteroatoms. The standard InChI is InChI=1S/C24H22N2O2/c27-23(20-12-5-2-6-13-20)25-21(17-18-9-3-1-4-10-18)24(28)26-16-15-19-11-7-8-14-22(19)26/h1-14,21H,15-17H2,(H,25,27)/t21-/m1/s1. The van der Waals surface area contributed by atoms with Crippen molar-refractivity contribution in [3.8, 4) is 0 Å². The molecule has 1 atom stereocenters. The van der Waals surface area contributed by atoms with Gasteiger partial charge in [0, 0.05) is 24.2 Å². The number of anilines is 1. The molecule has 0 spiro atoms. The Morgan fingerprint density at radius 2 is 1.50 bits per heavy atom. The zero-order chi connectivity index (χ0) is 19.3. The van der Waals surface area contributed by atoms with E-state index < -0.39 is 6.04 Å². The summed E-state index contributed by atoms with van der Waals surface area (Å²) in [6.07, 6.45) is 1.30. The molecule has 140 valence electrons. The minimum absolute atomic E-state index is 0.0712. The number of para-hydroxylation sites is 1. The number of hydrogen-bond donors (Lipinski definition) is 1. The van der Waals surface area contributed by atoms with Gasteiger partial charge in [-0.15, -0.1) is 0 Å². The Balaban J connectivity index is 1.59. The van der Waals surface area contributed by atoms with E-state index in [-0.39, 0.29) is 11.8 Å². The van der Waals surface area contributed by atoms with Crippen molar-refractivity contribution in [1.29, 1.82) is 0 Å². The van der Waals surface area contributed by atoms with E-state index in [1.165, 1.54) is 5.56 Å². The van der Waals surface area contributed by atoms with E-state index in [4.69, 9.17) is 0 Å². The molecule has 0 aromatic heterocycles. The number of nitrogens with one attached hydrogen (secondary N) is 1. The van der Waals surface area contributed by atoms with Gasteiger partial charge in [0.05, 0.1) is 0 Å². The van der Waals surface area contributed by atoms with Gasteiger partial charge >= 0.3 is 0 Å². The molecule has 0 unspecified atom stereocenters. The monoisotopic (exact) mass is 370 g/mol. The van der Waals surface area contributed by atoms with Crippen LogP contribution in [0.15, 0.2) is 84.9 Å². The van der Waals surface area contributed by atoms with Crippen LogP contribution in [0.2, 0.25) is 0 Å². The zero-order valence-electron chi connectivity index (χ0n) is 15.5. The van der Waals surface area contributed by atoms with Crippen molar-refractivity contribution in [1.82, 2.24) is 5.32 Å². The molecule has 28 heavy (non-hydrogen) atoms. The first-order valence-corrected chi connectivity index (χ1v) is 9.51. The van der Waals surface area contributed by atoms with Gasteiger partial charge in [0.1, 0.15) is 6.04 Å². The van der Waals surface area contributed by atoms with Crippen LogP contribution < -0.4 is 10.2 Å². The third kappa shape index (κ3) is 3.81. The molecular formula is C24H22N2O2. The number of fused-ring (bicyclic) bond motifs is 1. The molecule has 1 aliphatic heterocycles. The van der Waals surface area contributed by atoms with E-state index >= 15 is 0 Å². The maximum atomic E-state index is 13.4. The molecule has 0 radical (unpaired) electrons. The number of carbonyl (C=O) groups is 2. The first kappa shape index (κ1) is 18.0. The highest BCUT2D eigenvalue weighted by Crippen LogP contribution is 2.28. The highest BCUT2D eigenvalue weighted by atomic mass is 16.2. The second-order valence-electron chi connectivity index (χ2n) is 6.95. The molecule has 3 aromatic rings. The lowest BCUT2D eigenvalue weighted by atomic mass is 10.0. The van der Waals surface area contributed by atoms with Crippen molar-refractivity contribution >= 4 is 17.5 Å². The number of carbonyl (C=O) groups excluding carboxylic acids is 2. The Morgan fingerprint density at radius 3 is 2.25 bits per heavy atom. The summed E-state index contributed by atoms with van der Waals surface area (Å²) in [5, 5.41) is 2.96. The summed E-state index contributed by atoms with van der Waals surface area (Å²) in [4.78, 5) is 27.9. The molecule has 0 saturated carbocycles. The number of hydrogen-bond acceptors (Lipinski definition) is 2. The lowest BCUT2D eigenvalue weighted by Gasteiger charge is -2.25. The summed E-state index contributed by atoms with van der Waals surface area (Å²) < 4.78 is 0. The van der Waals surface area contributed by atoms with Gasteiger partial charge in [-0.1, -0.05) is 66.7 Å². The van der Waals surface area contributed by atoms with Gasteiger partial charge in [-0.25, -0.2) is 0 Å². The van der Waals surface area contributed by atoms with Crippen LogP contribution >= 0.6 is 0 Å². The molecular weight excluding hydrogens is 348 g/mol.